The number of carbonyl (C=O) groups excluding carboxylic acids is 1. The summed E-state index contributed by atoms with van der Waals surface area (Å²) in [5.41, 5.74) is 5.37. The Morgan fingerprint density at radius 1 is 1.09 bits per heavy atom. The molecule has 0 aliphatic heterocycles. The Hall–Kier alpha value is -3.87. The number of hydrogen-bond donors (Lipinski definition) is 3. The summed E-state index contributed by atoms with van der Waals surface area (Å²) in [5.74, 6) is -1.05. The van der Waals surface area contributed by atoms with Gasteiger partial charge in [0.05, 0.1) is 0 Å². The first kappa shape index (κ1) is 22.8. The van der Waals surface area contributed by atoms with Crippen molar-refractivity contribution >= 4 is 12.6 Å². The summed E-state index contributed by atoms with van der Waals surface area (Å²) >= 11 is 0. The van der Waals surface area contributed by atoms with E-state index in [1.165, 1.54) is 23.3 Å². The molecule has 0 unspecified atom stereocenters. The van der Waals surface area contributed by atoms with Crippen molar-refractivity contribution < 1.29 is 28.9 Å². The molecule has 6 nitrogen and oxygen atoms in total. The molecule has 1 aliphatic carbocycles. The van der Waals surface area contributed by atoms with Crippen molar-refractivity contribution in [2.75, 3.05) is 6.61 Å². The quantitative estimate of drug-likeness (QED) is 0.503. The molecule has 0 spiro atoms. The number of carboxylic acid groups (broad SMARTS) is 1. The van der Waals surface area contributed by atoms with Gasteiger partial charge >= 0.3 is 6.09 Å². The highest BCUT2D eigenvalue weighted by atomic mass is 19.1. The van der Waals surface area contributed by atoms with Crippen LogP contribution >= 0.6 is 0 Å². The summed E-state index contributed by atoms with van der Waals surface area (Å²) < 4.78 is 19.0. The van der Waals surface area contributed by atoms with E-state index in [4.69, 9.17) is 14.6 Å². The molecule has 0 saturated carbocycles. The molecule has 7 heteroatoms. The number of alkyl carbamates (subject to hydrolysis) is 1. The fourth-order valence-corrected chi connectivity index (χ4v) is 3.92. The Labute approximate surface area is 185 Å². The SMILES string of the molecule is C[C@H](Cc1ccc(O)c(F)c1)NC(=O)OCC1c2ccccc2-c2ccccc21.O=CO. The highest BCUT2D eigenvalue weighted by Gasteiger charge is 2.29. The summed E-state index contributed by atoms with van der Waals surface area (Å²) in [6.07, 6.45) is -0.0693. The molecule has 3 N–H and O–H groups in total. The maximum Gasteiger partial charge on any atom is 0.407 e. The molecule has 0 heterocycles. The maximum absolute atomic E-state index is 13.5. The monoisotopic (exact) mass is 437 g/mol. The molecule has 32 heavy (non-hydrogen) atoms. The second-order valence-electron chi connectivity index (χ2n) is 7.47. The van der Waals surface area contributed by atoms with Crippen LogP contribution in [-0.4, -0.2) is 35.4 Å². The van der Waals surface area contributed by atoms with Crippen LogP contribution in [0, 0.1) is 5.82 Å². The summed E-state index contributed by atoms with van der Waals surface area (Å²) in [6, 6.07) is 20.3. The van der Waals surface area contributed by atoms with Gasteiger partial charge in [-0.15, -0.1) is 0 Å². The third-order valence-electron chi connectivity index (χ3n) is 5.26. The van der Waals surface area contributed by atoms with Crippen LogP contribution in [0.3, 0.4) is 0 Å². The molecule has 4 rings (SSSR count). The zero-order chi connectivity index (χ0) is 23.1. The van der Waals surface area contributed by atoms with E-state index in [-0.39, 0.29) is 30.8 Å². The first-order valence-corrected chi connectivity index (χ1v) is 10.1. The Morgan fingerprint density at radius 2 is 1.66 bits per heavy atom. The second kappa shape index (κ2) is 10.4. The van der Waals surface area contributed by atoms with E-state index < -0.39 is 11.9 Å². The molecule has 1 amide bonds. The predicted molar refractivity (Wildman–Crippen MR) is 118 cm³/mol. The van der Waals surface area contributed by atoms with E-state index >= 15 is 0 Å². The van der Waals surface area contributed by atoms with E-state index in [2.05, 4.69) is 29.6 Å². The third kappa shape index (κ3) is 5.24. The van der Waals surface area contributed by atoms with E-state index in [0.29, 0.717) is 12.0 Å². The number of phenolic OH excluding ortho intramolecular Hbond substituents is 1. The summed E-state index contributed by atoms with van der Waals surface area (Å²) in [7, 11) is 0. The normalized spacial score (nSPS) is 12.6. The smallest absolute Gasteiger partial charge is 0.407 e. The number of nitrogens with one attached hydrogen (secondary N) is 1. The molecule has 1 atom stereocenters. The van der Waals surface area contributed by atoms with Gasteiger partial charge in [0.15, 0.2) is 11.6 Å². The van der Waals surface area contributed by atoms with Gasteiger partial charge < -0.3 is 20.3 Å². The number of phenols is 1. The Kier molecular flexibility index (Phi) is 7.44. The van der Waals surface area contributed by atoms with Gasteiger partial charge in [0.1, 0.15) is 6.61 Å². The number of amides is 1. The Bertz CT molecular complexity index is 1060. The fourth-order valence-electron chi connectivity index (χ4n) is 3.92. The minimum atomic E-state index is -0.671. The summed E-state index contributed by atoms with van der Waals surface area (Å²) in [6.45, 7) is 1.83. The van der Waals surface area contributed by atoms with Crippen LogP contribution in [0.5, 0.6) is 5.75 Å². The van der Waals surface area contributed by atoms with Crippen molar-refractivity contribution in [3.05, 3.63) is 89.2 Å². The van der Waals surface area contributed by atoms with Gasteiger partial charge in [0.25, 0.3) is 6.47 Å². The van der Waals surface area contributed by atoms with Crippen LogP contribution < -0.4 is 5.32 Å². The molecular formula is C25H24FNO5. The molecule has 0 saturated heterocycles. The summed E-state index contributed by atoms with van der Waals surface area (Å²) in [5, 5.41) is 18.9. The average molecular weight is 437 g/mol. The maximum atomic E-state index is 13.5. The van der Waals surface area contributed by atoms with Crippen molar-refractivity contribution in [3.8, 4) is 16.9 Å². The molecule has 0 aromatic heterocycles. The number of fused-ring (bicyclic) bond motifs is 3. The van der Waals surface area contributed by atoms with Crippen LogP contribution in [0.2, 0.25) is 0 Å². The Morgan fingerprint density at radius 3 is 2.22 bits per heavy atom. The number of ether oxygens (including phenoxy) is 1. The van der Waals surface area contributed by atoms with E-state index in [9.17, 15) is 14.3 Å². The van der Waals surface area contributed by atoms with Crippen LogP contribution in [0.25, 0.3) is 11.1 Å². The van der Waals surface area contributed by atoms with E-state index in [1.54, 1.807) is 6.07 Å². The predicted octanol–water partition coefficient (Wildman–Crippen LogP) is 4.70. The average Bonchev–Trinajstić information content (AvgIpc) is 3.09. The van der Waals surface area contributed by atoms with E-state index in [0.717, 1.165) is 11.1 Å². The lowest BCUT2D eigenvalue weighted by Crippen LogP contribution is -2.35. The third-order valence-corrected chi connectivity index (χ3v) is 5.26. The van der Waals surface area contributed by atoms with Crippen LogP contribution in [-0.2, 0) is 16.0 Å². The number of carbonyl (C=O) groups is 2. The minimum absolute atomic E-state index is 0.00894. The minimum Gasteiger partial charge on any atom is -0.505 e. The summed E-state index contributed by atoms with van der Waals surface area (Å²) in [4.78, 5) is 20.7. The number of aromatic hydroxyl groups is 1. The molecule has 0 bridgehead atoms. The van der Waals surface area contributed by atoms with Gasteiger partial charge in [-0.2, -0.15) is 0 Å². The standard InChI is InChI=1S/C24H22FNO3.CH2O2/c1-15(12-16-10-11-23(27)22(25)13-16)26-24(28)29-14-21-19-8-4-2-6-17(19)18-7-3-5-9-20(18)21;2-1-3/h2-11,13,15,21,27H,12,14H2,1H3,(H,26,28);1H,(H,2,3)/t15-;/m1./s1. The van der Waals surface area contributed by atoms with Crippen molar-refractivity contribution in [2.24, 2.45) is 0 Å². The molecule has 3 aromatic rings. The van der Waals surface area contributed by atoms with Crippen LogP contribution in [0.15, 0.2) is 66.7 Å². The highest BCUT2D eigenvalue weighted by molar-refractivity contribution is 5.79. The molecule has 0 fully saturated rings. The zero-order valence-electron chi connectivity index (χ0n) is 17.5. The first-order valence-electron chi connectivity index (χ1n) is 10.1. The van der Waals surface area contributed by atoms with Gasteiger partial charge in [-0.3, -0.25) is 4.79 Å². The van der Waals surface area contributed by atoms with E-state index in [1.807, 2.05) is 31.2 Å². The van der Waals surface area contributed by atoms with Gasteiger partial charge in [-0.05, 0) is 53.3 Å². The van der Waals surface area contributed by atoms with Crippen molar-refractivity contribution in [2.45, 2.75) is 25.3 Å². The molecule has 3 aromatic carbocycles. The zero-order valence-corrected chi connectivity index (χ0v) is 17.5. The molecule has 1 aliphatic rings. The lowest BCUT2D eigenvalue weighted by Gasteiger charge is -2.17. The van der Waals surface area contributed by atoms with Crippen molar-refractivity contribution in [3.63, 3.8) is 0 Å². The topological polar surface area (TPSA) is 95.9 Å². The molecular weight excluding hydrogens is 413 g/mol. The largest absolute Gasteiger partial charge is 0.505 e. The number of halogens is 1. The Balaban J connectivity index is 0.000000913. The van der Waals surface area contributed by atoms with Gasteiger partial charge in [0, 0.05) is 12.0 Å². The molecule has 166 valence electrons. The highest BCUT2D eigenvalue weighted by Crippen LogP contribution is 2.44. The molecule has 0 radical (unpaired) electrons. The number of rotatable bonds is 5. The van der Waals surface area contributed by atoms with Crippen molar-refractivity contribution in [1.29, 1.82) is 0 Å². The first-order chi connectivity index (χ1) is 15.4. The lowest BCUT2D eigenvalue weighted by molar-refractivity contribution is -0.122. The van der Waals surface area contributed by atoms with Crippen LogP contribution in [0.1, 0.15) is 29.5 Å². The van der Waals surface area contributed by atoms with Crippen molar-refractivity contribution in [1.82, 2.24) is 5.32 Å². The van der Waals surface area contributed by atoms with Crippen LogP contribution in [0.4, 0.5) is 9.18 Å². The fraction of sp³-hybridized carbons (Fsp3) is 0.200. The number of benzene rings is 3. The second-order valence-corrected chi connectivity index (χ2v) is 7.47. The van der Waals surface area contributed by atoms with Gasteiger partial charge in [0.2, 0.25) is 0 Å². The van der Waals surface area contributed by atoms with Gasteiger partial charge in [-0.1, -0.05) is 54.6 Å². The van der Waals surface area contributed by atoms with Gasteiger partial charge in [-0.25, -0.2) is 9.18 Å². The number of hydrogen-bond acceptors (Lipinski definition) is 4. The lowest BCUT2D eigenvalue weighted by atomic mass is 9.98.